The number of halogens is 2. The Bertz CT molecular complexity index is 459. The molecule has 5 heteroatoms. The Balaban J connectivity index is 2.34. The third-order valence-corrected chi connectivity index (χ3v) is 3.07. The van der Waals surface area contributed by atoms with Crippen molar-refractivity contribution >= 4 is 40.0 Å². The zero-order chi connectivity index (χ0) is 11.7. The summed E-state index contributed by atoms with van der Waals surface area (Å²) in [5.74, 6) is 0.0843. The number of carbonyl (C=O) groups is 2. The largest absolute Gasteiger partial charge is 0.312 e. The minimum absolute atomic E-state index is 0.0843. The van der Waals surface area contributed by atoms with Crippen LogP contribution in [0.4, 0.5) is 5.69 Å². The first-order valence-corrected chi connectivity index (χ1v) is 5.65. The second-order valence-electron chi connectivity index (χ2n) is 3.59. The highest BCUT2D eigenvalue weighted by Crippen LogP contribution is 2.27. The smallest absolute Gasteiger partial charge is 0.253 e. The monoisotopic (exact) mass is 257 g/mol. The molecule has 0 saturated carbocycles. The Hall–Kier alpha value is -1.06. The summed E-state index contributed by atoms with van der Waals surface area (Å²) in [7, 11) is 0. The first-order chi connectivity index (χ1) is 7.59. The van der Waals surface area contributed by atoms with Gasteiger partial charge in [0.15, 0.2) is 0 Å². The molecular formula is C11H9Cl2NO2. The molecule has 0 bridgehead atoms. The normalized spacial score (nSPS) is 15.6. The molecule has 1 aromatic rings. The zero-order valence-corrected chi connectivity index (χ0v) is 9.88. The van der Waals surface area contributed by atoms with Crippen molar-refractivity contribution < 1.29 is 9.59 Å². The van der Waals surface area contributed by atoms with Crippen molar-refractivity contribution in [3.8, 4) is 0 Å². The number of amides is 1. The Morgan fingerprint density at radius 3 is 2.62 bits per heavy atom. The number of nitrogens with zero attached hydrogens (tertiary/aromatic N) is 1. The summed E-state index contributed by atoms with van der Waals surface area (Å²) in [6, 6.07) is 4.82. The second-order valence-corrected chi connectivity index (χ2v) is 4.34. The lowest BCUT2D eigenvalue weighted by molar-refractivity contribution is -0.117. The lowest BCUT2D eigenvalue weighted by Crippen LogP contribution is -2.23. The lowest BCUT2D eigenvalue weighted by Gasteiger charge is -2.16. The molecule has 1 aliphatic rings. The van der Waals surface area contributed by atoms with Gasteiger partial charge < -0.3 is 4.90 Å². The average Bonchev–Trinajstić information content (AvgIpc) is 2.63. The molecule has 3 nitrogen and oxygen atoms in total. The molecule has 0 spiro atoms. The molecule has 0 atom stereocenters. The van der Waals surface area contributed by atoms with Gasteiger partial charge in [-0.2, -0.15) is 0 Å². The van der Waals surface area contributed by atoms with Crippen LogP contribution in [-0.4, -0.2) is 17.7 Å². The van der Waals surface area contributed by atoms with Crippen LogP contribution >= 0.6 is 23.2 Å². The first-order valence-electron chi connectivity index (χ1n) is 4.89. The molecule has 0 radical (unpaired) electrons. The minimum Gasteiger partial charge on any atom is -0.312 e. The maximum atomic E-state index is 11.5. The van der Waals surface area contributed by atoms with Crippen LogP contribution < -0.4 is 4.90 Å². The van der Waals surface area contributed by atoms with Crippen molar-refractivity contribution in [1.29, 1.82) is 0 Å². The lowest BCUT2D eigenvalue weighted by atomic mass is 10.2. The van der Waals surface area contributed by atoms with E-state index in [2.05, 4.69) is 0 Å². The Kier molecular flexibility index (Phi) is 3.17. The summed E-state index contributed by atoms with van der Waals surface area (Å²) in [5, 5.41) is -0.318. The van der Waals surface area contributed by atoms with Gasteiger partial charge in [0.1, 0.15) is 0 Å². The highest BCUT2D eigenvalue weighted by molar-refractivity contribution is 6.68. The summed E-state index contributed by atoms with van der Waals surface area (Å²) in [6.07, 6.45) is 1.42. The fourth-order valence-electron chi connectivity index (χ4n) is 1.75. The highest BCUT2D eigenvalue weighted by Gasteiger charge is 2.22. The number of benzene rings is 1. The molecule has 0 unspecified atom stereocenters. The molecule has 16 heavy (non-hydrogen) atoms. The molecule has 0 aliphatic carbocycles. The van der Waals surface area contributed by atoms with Gasteiger partial charge in [-0.3, -0.25) is 9.59 Å². The predicted molar refractivity (Wildman–Crippen MR) is 63.2 cm³/mol. The summed E-state index contributed by atoms with van der Waals surface area (Å²) in [4.78, 5) is 24.1. The molecule has 1 aromatic carbocycles. The topological polar surface area (TPSA) is 37.4 Å². The predicted octanol–water partition coefficient (Wildman–Crippen LogP) is 2.85. The van der Waals surface area contributed by atoms with Gasteiger partial charge in [-0.25, -0.2) is 0 Å². The second kappa shape index (κ2) is 4.44. The number of anilines is 1. The first kappa shape index (κ1) is 11.4. The van der Waals surface area contributed by atoms with Crippen molar-refractivity contribution in [2.24, 2.45) is 0 Å². The zero-order valence-electron chi connectivity index (χ0n) is 8.37. The molecule has 84 valence electrons. The molecule has 2 rings (SSSR count). The van der Waals surface area contributed by atoms with Gasteiger partial charge in [-0.05, 0) is 36.2 Å². The van der Waals surface area contributed by atoms with Crippen molar-refractivity contribution in [3.05, 3.63) is 28.8 Å². The van der Waals surface area contributed by atoms with Crippen LogP contribution in [0.2, 0.25) is 5.02 Å². The summed E-state index contributed by atoms with van der Waals surface area (Å²) >= 11 is 11.3. The van der Waals surface area contributed by atoms with Crippen molar-refractivity contribution in [1.82, 2.24) is 0 Å². The van der Waals surface area contributed by atoms with E-state index in [1.807, 2.05) is 0 Å². The van der Waals surface area contributed by atoms with E-state index in [0.717, 1.165) is 6.42 Å². The fourth-order valence-corrected chi connectivity index (χ4v) is 2.23. The molecular weight excluding hydrogens is 249 g/mol. The van der Waals surface area contributed by atoms with Crippen LogP contribution in [0.25, 0.3) is 0 Å². The van der Waals surface area contributed by atoms with Gasteiger partial charge >= 0.3 is 0 Å². The van der Waals surface area contributed by atoms with Gasteiger partial charge in [-0.1, -0.05) is 11.6 Å². The summed E-state index contributed by atoms with van der Waals surface area (Å²) < 4.78 is 0. The fraction of sp³-hybridized carbons (Fsp3) is 0.273. The summed E-state index contributed by atoms with van der Waals surface area (Å²) in [5.41, 5.74) is 0.980. The van der Waals surface area contributed by atoms with Crippen molar-refractivity contribution in [3.63, 3.8) is 0 Å². The quantitative estimate of drug-likeness (QED) is 0.765. The molecule has 1 amide bonds. The SMILES string of the molecule is O=C(Cl)c1ccc(N2CCCC2=O)cc1Cl. The van der Waals surface area contributed by atoms with E-state index in [9.17, 15) is 9.59 Å². The molecule has 1 heterocycles. The number of rotatable bonds is 2. The van der Waals surface area contributed by atoms with E-state index in [0.29, 0.717) is 18.7 Å². The summed E-state index contributed by atoms with van der Waals surface area (Å²) in [6.45, 7) is 0.698. The van der Waals surface area contributed by atoms with Crippen LogP contribution in [0.15, 0.2) is 18.2 Å². The third-order valence-electron chi connectivity index (χ3n) is 2.55. The number of hydrogen-bond donors (Lipinski definition) is 0. The molecule has 1 saturated heterocycles. The van der Waals surface area contributed by atoms with Crippen molar-refractivity contribution in [2.45, 2.75) is 12.8 Å². The van der Waals surface area contributed by atoms with E-state index < -0.39 is 5.24 Å². The van der Waals surface area contributed by atoms with Gasteiger partial charge in [0.2, 0.25) is 5.91 Å². The van der Waals surface area contributed by atoms with E-state index >= 15 is 0 Å². The maximum Gasteiger partial charge on any atom is 0.253 e. The highest BCUT2D eigenvalue weighted by atomic mass is 35.5. The Labute approximate surface area is 103 Å². The van der Waals surface area contributed by atoms with Gasteiger partial charge in [0.05, 0.1) is 10.6 Å². The van der Waals surface area contributed by atoms with E-state index in [-0.39, 0.29) is 16.5 Å². The standard InChI is InChI=1S/C11H9Cl2NO2/c12-9-6-7(3-4-8(9)11(13)16)14-5-1-2-10(14)15/h3-4,6H,1-2,5H2. The van der Waals surface area contributed by atoms with Gasteiger partial charge in [0.25, 0.3) is 5.24 Å². The third kappa shape index (κ3) is 2.06. The van der Waals surface area contributed by atoms with Crippen LogP contribution in [0.1, 0.15) is 23.2 Å². The van der Waals surface area contributed by atoms with Crippen LogP contribution in [0.3, 0.4) is 0 Å². The van der Waals surface area contributed by atoms with E-state index in [1.165, 1.54) is 0 Å². The van der Waals surface area contributed by atoms with E-state index in [4.69, 9.17) is 23.2 Å². The number of hydrogen-bond acceptors (Lipinski definition) is 2. The van der Waals surface area contributed by atoms with E-state index in [1.54, 1.807) is 23.1 Å². The van der Waals surface area contributed by atoms with Gasteiger partial charge in [0, 0.05) is 18.7 Å². The number of carbonyl (C=O) groups excluding carboxylic acids is 2. The van der Waals surface area contributed by atoms with Gasteiger partial charge in [-0.15, -0.1) is 0 Å². The van der Waals surface area contributed by atoms with Crippen LogP contribution in [0.5, 0.6) is 0 Å². The Morgan fingerprint density at radius 2 is 2.12 bits per heavy atom. The average molecular weight is 258 g/mol. The molecule has 0 aromatic heterocycles. The van der Waals surface area contributed by atoms with Crippen LogP contribution in [0, 0.1) is 0 Å². The molecule has 1 aliphatic heterocycles. The molecule has 1 fully saturated rings. The minimum atomic E-state index is -0.593. The Morgan fingerprint density at radius 1 is 1.38 bits per heavy atom. The maximum absolute atomic E-state index is 11.5. The van der Waals surface area contributed by atoms with Crippen molar-refractivity contribution in [2.75, 3.05) is 11.4 Å². The van der Waals surface area contributed by atoms with Crippen LogP contribution in [-0.2, 0) is 4.79 Å². The molecule has 0 N–H and O–H groups in total.